The minimum absolute atomic E-state index is 0.0146. The second-order valence-electron chi connectivity index (χ2n) is 4.66. The molecule has 1 aromatic carbocycles. The quantitative estimate of drug-likeness (QED) is 0.771. The highest BCUT2D eigenvalue weighted by Gasteiger charge is 2.36. The summed E-state index contributed by atoms with van der Waals surface area (Å²) in [5.74, 6) is -2.36. The number of Topliss-reactive ketones (excluding diaryl/α,β-unsaturated/α-hetero) is 1. The molecule has 114 valence electrons. The second-order valence-corrected chi connectivity index (χ2v) is 7.54. The molecule has 0 saturated heterocycles. The number of sulfone groups is 1. The first-order valence-electron chi connectivity index (χ1n) is 6.32. The first-order valence-corrected chi connectivity index (χ1v) is 8.52. The SMILES string of the molecule is CCS(=O)(=O)CCCN1C(=O)C(=O)c2cc(Cl)c(F)cc21. The monoisotopic (exact) mass is 333 g/mol. The Kier molecular flexibility index (Phi) is 4.34. The minimum atomic E-state index is -3.15. The van der Waals surface area contributed by atoms with Crippen LogP contribution in [0.1, 0.15) is 23.7 Å². The van der Waals surface area contributed by atoms with Gasteiger partial charge in [0.1, 0.15) is 15.7 Å². The Bertz CT molecular complexity index is 717. The number of rotatable bonds is 5. The molecule has 0 bridgehead atoms. The van der Waals surface area contributed by atoms with Crippen LogP contribution in [0.5, 0.6) is 0 Å². The number of ketones is 1. The molecule has 1 aromatic rings. The molecule has 2 rings (SSSR count). The van der Waals surface area contributed by atoms with Crippen LogP contribution in [-0.4, -0.2) is 38.2 Å². The number of amides is 1. The lowest BCUT2D eigenvalue weighted by molar-refractivity contribution is -0.114. The predicted molar refractivity (Wildman–Crippen MR) is 77.0 cm³/mol. The van der Waals surface area contributed by atoms with Gasteiger partial charge in [0.05, 0.1) is 22.0 Å². The van der Waals surface area contributed by atoms with Crippen LogP contribution in [0.15, 0.2) is 12.1 Å². The normalized spacial score (nSPS) is 14.7. The first kappa shape index (κ1) is 15.9. The molecule has 0 N–H and O–H groups in total. The molecule has 0 aliphatic carbocycles. The standard InChI is InChI=1S/C13H13ClFNO4S/c1-2-21(19,20)5-3-4-16-11-7-10(15)9(14)6-8(11)12(17)13(16)18/h6-7H,2-5H2,1H3. The molecule has 0 spiro atoms. The Labute approximate surface area is 126 Å². The Morgan fingerprint density at radius 3 is 2.57 bits per heavy atom. The van der Waals surface area contributed by atoms with E-state index in [1.165, 1.54) is 6.92 Å². The number of hydrogen-bond acceptors (Lipinski definition) is 4. The highest BCUT2D eigenvalue weighted by Crippen LogP contribution is 2.33. The van der Waals surface area contributed by atoms with Gasteiger partial charge in [-0.25, -0.2) is 12.8 Å². The molecule has 0 saturated carbocycles. The summed E-state index contributed by atoms with van der Waals surface area (Å²) in [6.07, 6.45) is 0.179. The van der Waals surface area contributed by atoms with Crippen molar-refractivity contribution in [3.05, 3.63) is 28.5 Å². The van der Waals surface area contributed by atoms with Crippen LogP contribution in [0.2, 0.25) is 5.02 Å². The van der Waals surface area contributed by atoms with Gasteiger partial charge in [-0.2, -0.15) is 0 Å². The van der Waals surface area contributed by atoms with Gasteiger partial charge < -0.3 is 4.90 Å². The maximum atomic E-state index is 13.5. The number of fused-ring (bicyclic) bond motifs is 1. The molecule has 0 unspecified atom stereocenters. The number of nitrogens with zero attached hydrogens (tertiary/aromatic N) is 1. The summed E-state index contributed by atoms with van der Waals surface area (Å²) in [7, 11) is -3.15. The highest BCUT2D eigenvalue weighted by molar-refractivity contribution is 7.91. The third-order valence-electron chi connectivity index (χ3n) is 3.29. The van der Waals surface area contributed by atoms with Crippen molar-refractivity contribution in [2.75, 3.05) is 23.0 Å². The van der Waals surface area contributed by atoms with E-state index in [0.29, 0.717) is 0 Å². The Balaban J connectivity index is 2.21. The number of hydrogen-bond donors (Lipinski definition) is 0. The van der Waals surface area contributed by atoms with E-state index in [0.717, 1.165) is 17.0 Å². The summed E-state index contributed by atoms with van der Waals surface area (Å²) in [5, 5.41) is -0.231. The van der Waals surface area contributed by atoms with Crippen LogP contribution >= 0.6 is 11.6 Å². The fourth-order valence-electron chi connectivity index (χ4n) is 2.10. The molecular formula is C13H13ClFNO4S. The van der Waals surface area contributed by atoms with Crippen molar-refractivity contribution in [2.24, 2.45) is 0 Å². The lowest BCUT2D eigenvalue weighted by Gasteiger charge is -2.16. The average Bonchev–Trinajstić information content (AvgIpc) is 2.65. The van der Waals surface area contributed by atoms with Gasteiger partial charge in [0.2, 0.25) is 0 Å². The van der Waals surface area contributed by atoms with Crippen LogP contribution in [0.3, 0.4) is 0 Å². The van der Waals surface area contributed by atoms with Crippen molar-refractivity contribution in [2.45, 2.75) is 13.3 Å². The summed E-state index contributed by atoms with van der Waals surface area (Å²) in [6, 6.07) is 2.14. The van der Waals surface area contributed by atoms with E-state index in [1.54, 1.807) is 0 Å². The summed E-state index contributed by atoms with van der Waals surface area (Å²) >= 11 is 5.60. The van der Waals surface area contributed by atoms with Gasteiger partial charge in [-0.1, -0.05) is 18.5 Å². The van der Waals surface area contributed by atoms with E-state index in [1.807, 2.05) is 0 Å². The summed E-state index contributed by atoms with van der Waals surface area (Å²) in [4.78, 5) is 24.8. The number of halogens is 2. The van der Waals surface area contributed by atoms with E-state index in [2.05, 4.69) is 0 Å². The molecular weight excluding hydrogens is 321 g/mol. The minimum Gasteiger partial charge on any atom is -0.305 e. The molecule has 1 heterocycles. The third-order valence-corrected chi connectivity index (χ3v) is 5.37. The molecule has 1 aliphatic rings. The average molecular weight is 334 g/mol. The summed E-state index contributed by atoms with van der Waals surface area (Å²) in [6.45, 7) is 1.57. The van der Waals surface area contributed by atoms with Crippen LogP contribution < -0.4 is 4.90 Å². The smallest absolute Gasteiger partial charge is 0.299 e. The van der Waals surface area contributed by atoms with Gasteiger partial charge in [-0.05, 0) is 18.6 Å². The largest absolute Gasteiger partial charge is 0.305 e. The number of carbonyl (C=O) groups excluding carboxylic acids is 2. The zero-order valence-electron chi connectivity index (χ0n) is 11.2. The van der Waals surface area contributed by atoms with Crippen LogP contribution in [0.4, 0.5) is 10.1 Å². The molecule has 5 nitrogen and oxygen atoms in total. The van der Waals surface area contributed by atoms with E-state index < -0.39 is 27.3 Å². The van der Waals surface area contributed by atoms with Gasteiger partial charge in [0, 0.05) is 12.3 Å². The molecule has 8 heteroatoms. The first-order chi connectivity index (χ1) is 9.76. The molecule has 0 fully saturated rings. The summed E-state index contributed by atoms with van der Waals surface area (Å²) in [5.41, 5.74) is 0.186. The summed E-state index contributed by atoms with van der Waals surface area (Å²) < 4.78 is 36.3. The lowest BCUT2D eigenvalue weighted by Crippen LogP contribution is -2.31. The number of anilines is 1. The van der Waals surface area contributed by atoms with Crippen LogP contribution in [0.25, 0.3) is 0 Å². The fourth-order valence-corrected chi connectivity index (χ4v) is 3.12. The van der Waals surface area contributed by atoms with Crippen molar-refractivity contribution in [1.29, 1.82) is 0 Å². The van der Waals surface area contributed by atoms with Crippen LogP contribution in [-0.2, 0) is 14.6 Å². The van der Waals surface area contributed by atoms with Crippen LogP contribution in [0, 0.1) is 5.82 Å². The molecule has 21 heavy (non-hydrogen) atoms. The zero-order chi connectivity index (χ0) is 15.8. The van der Waals surface area contributed by atoms with E-state index in [-0.39, 0.29) is 40.7 Å². The van der Waals surface area contributed by atoms with Crippen molar-refractivity contribution >= 4 is 38.8 Å². The van der Waals surface area contributed by atoms with Gasteiger partial charge in [-0.3, -0.25) is 9.59 Å². The molecule has 0 aromatic heterocycles. The van der Waals surface area contributed by atoms with Gasteiger partial charge in [-0.15, -0.1) is 0 Å². The lowest BCUT2D eigenvalue weighted by atomic mass is 10.1. The van der Waals surface area contributed by atoms with E-state index in [9.17, 15) is 22.4 Å². The van der Waals surface area contributed by atoms with Gasteiger partial charge >= 0.3 is 0 Å². The van der Waals surface area contributed by atoms with Crippen molar-refractivity contribution < 1.29 is 22.4 Å². The maximum Gasteiger partial charge on any atom is 0.299 e. The van der Waals surface area contributed by atoms with Gasteiger partial charge in [0.15, 0.2) is 0 Å². The number of benzene rings is 1. The predicted octanol–water partition coefficient (Wildman–Crippen LogP) is 1.83. The van der Waals surface area contributed by atoms with Gasteiger partial charge in [0.25, 0.3) is 11.7 Å². The Morgan fingerprint density at radius 2 is 1.95 bits per heavy atom. The topological polar surface area (TPSA) is 71.5 Å². The van der Waals surface area contributed by atoms with Crippen molar-refractivity contribution in [1.82, 2.24) is 0 Å². The fraction of sp³-hybridized carbons (Fsp3) is 0.385. The Hall–Kier alpha value is -1.47. The maximum absolute atomic E-state index is 13.5. The third kappa shape index (κ3) is 3.08. The highest BCUT2D eigenvalue weighted by atomic mass is 35.5. The molecule has 1 amide bonds. The molecule has 0 atom stereocenters. The molecule has 0 radical (unpaired) electrons. The Morgan fingerprint density at radius 1 is 1.29 bits per heavy atom. The van der Waals surface area contributed by atoms with E-state index in [4.69, 9.17) is 11.6 Å². The van der Waals surface area contributed by atoms with E-state index >= 15 is 0 Å². The number of carbonyl (C=O) groups is 2. The van der Waals surface area contributed by atoms with Crippen molar-refractivity contribution in [3.8, 4) is 0 Å². The zero-order valence-corrected chi connectivity index (χ0v) is 12.8. The second kappa shape index (κ2) is 5.73. The van der Waals surface area contributed by atoms with Crippen molar-refractivity contribution in [3.63, 3.8) is 0 Å². The molecule has 1 aliphatic heterocycles.